The number of halogens is 1. The van der Waals surface area contributed by atoms with Crippen LogP contribution in [0.2, 0.25) is 0 Å². The zero-order valence-electron chi connectivity index (χ0n) is 8.34. The Morgan fingerprint density at radius 2 is 1.92 bits per heavy atom. The SMILES string of the molecule is BrCCC1CCN(CCC2CC2)C1. The first-order chi connectivity index (χ1) is 6.38. The number of hydrogen-bond acceptors (Lipinski definition) is 1. The predicted molar refractivity (Wildman–Crippen MR) is 60.3 cm³/mol. The Kier molecular flexibility index (Phi) is 3.67. The van der Waals surface area contributed by atoms with Crippen molar-refractivity contribution in [1.82, 2.24) is 4.90 Å². The topological polar surface area (TPSA) is 3.24 Å². The normalized spacial score (nSPS) is 29.8. The second-order valence-electron chi connectivity index (χ2n) is 4.67. The maximum atomic E-state index is 3.53. The van der Waals surface area contributed by atoms with E-state index in [0.29, 0.717) is 0 Å². The second kappa shape index (κ2) is 4.79. The summed E-state index contributed by atoms with van der Waals surface area (Å²) in [5.74, 6) is 2.09. The minimum atomic E-state index is 0.985. The molecule has 0 aromatic rings. The van der Waals surface area contributed by atoms with Gasteiger partial charge in [0.15, 0.2) is 0 Å². The first-order valence-corrected chi connectivity index (χ1v) is 6.79. The standard InChI is InChI=1S/C11H20BrN/c12-6-3-11-5-8-13(9-11)7-4-10-1-2-10/h10-11H,1-9H2. The van der Waals surface area contributed by atoms with Crippen molar-refractivity contribution in [2.45, 2.75) is 32.1 Å². The molecular formula is C11H20BrN. The van der Waals surface area contributed by atoms with Gasteiger partial charge in [-0.15, -0.1) is 0 Å². The van der Waals surface area contributed by atoms with Crippen molar-refractivity contribution in [2.75, 3.05) is 25.0 Å². The van der Waals surface area contributed by atoms with Crippen LogP contribution in [0.5, 0.6) is 0 Å². The molecule has 13 heavy (non-hydrogen) atoms. The Bertz CT molecular complexity index is 156. The Balaban J connectivity index is 1.59. The molecule has 1 aliphatic heterocycles. The Morgan fingerprint density at radius 1 is 1.08 bits per heavy atom. The van der Waals surface area contributed by atoms with E-state index < -0.39 is 0 Å². The molecule has 0 radical (unpaired) electrons. The molecule has 0 N–H and O–H groups in total. The smallest absolute Gasteiger partial charge is 0.00344 e. The van der Waals surface area contributed by atoms with Crippen LogP contribution in [0, 0.1) is 11.8 Å². The summed E-state index contributed by atoms with van der Waals surface area (Å²) in [6, 6.07) is 0. The van der Waals surface area contributed by atoms with Crippen LogP contribution in [0.15, 0.2) is 0 Å². The molecule has 0 bridgehead atoms. The fraction of sp³-hybridized carbons (Fsp3) is 1.00. The number of alkyl halides is 1. The molecule has 2 aliphatic rings. The molecule has 0 amide bonds. The van der Waals surface area contributed by atoms with Crippen molar-refractivity contribution in [3.8, 4) is 0 Å². The maximum absolute atomic E-state index is 3.53. The summed E-state index contributed by atoms with van der Waals surface area (Å²) in [5, 5.41) is 1.19. The van der Waals surface area contributed by atoms with Gasteiger partial charge in [0.1, 0.15) is 0 Å². The molecule has 1 nitrogen and oxygen atoms in total. The van der Waals surface area contributed by atoms with Crippen molar-refractivity contribution in [3.05, 3.63) is 0 Å². The largest absolute Gasteiger partial charge is 0.303 e. The lowest BCUT2D eigenvalue weighted by atomic mass is 10.1. The lowest BCUT2D eigenvalue weighted by Crippen LogP contribution is -2.22. The zero-order chi connectivity index (χ0) is 9.10. The summed E-state index contributed by atoms with van der Waals surface area (Å²) in [7, 11) is 0. The van der Waals surface area contributed by atoms with Crippen LogP contribution in [-0.4, -0.2) is 29.9 Å². The van der Waals surface area contributed by atoms with Crippen molar-refractivity contribution in [1.29, 1.82) is 0 Å². The number of nitrogens with zero attached hydrogens (tertiary/aromatic N) is 1. The van der Waals surface area contributed by atoms with E-state index in [2.05, 4.69) is 20.8 Å². The van der Waals surface area contributed by atoms with E-state index in [4.69, 9.17) is 0 Å². The highest BCUT2D eigenvalue weighted by Gasteiger charge is 2.25. The molecule has 1 atom stereocenters. The molecule has 0 aromatic carbocycles. The molecular weight excluding hydrogens is 226 g/mol. The van der Waals surface area contributed by atoms with Gasteiger partial charge in [0, 0.05) is 11.9 Å². The maximum Gasteiger partial charge on any atom is 0.00344 e. The lowest BCUT2D eigenvalue weighted by molar-refractivity contribution is 0.312. The highest BCUT2D eigenvalue weighted by molar-refractivity contribution is 9.09. The monoisotopic (exact) mass is 245 g/mol. The van der Waals surface area contributed by atoms with Crippen LogP contribution >= 0.6 is 15.9 Å². The van der Waals surface area contributed by atoms with Gasteiger partial charge in [-0.05, 0) is 44.2 Å². The van der Waals surface area contributed by atoms with Gasteiger partial charge in [-0.2, -0.15) is 0 Å². The first-order valence-electron chi connectivity index (χ1n) is 5.67. The van der Waals surface area contributed by atoms with Gasteiger partial charge in [0.2, 0.25) is 0 Å². The third-order valence-electron chi connectivity index (χ3n) is 3.44. The zero-order valence-corrected chi connectivity index (χ0v) is 9.93. The number of likely N-dealkylation sites (tertiary alicyclic amines) is 1. The summed E-state index contributed by atoms with van der Waals surface area (Å²) in [4.78, 5) is 2.67. The summed E-state index contributed by atoms with van der Waals surface area (Å²) in [5.41, 5.74) is 0. The average molecular weight is 246 g/mol. The van der Waals surface area contributed by atoms with E-state index in [9.17, 15) is 0 Å². The molecule has 1 unspecified atom stereocenters. The Morgan fingerprint density at radius 3 is 2.62 bits per heavy atom. The van der Waals surface area contributed by atoms with Gasteiger partial charge in [-0.1, -0.05) is 28.8 Å². The molecule has 1 saturated heterocycles. The summed E-state index contributed by atoms with van der Waals surface area (Å²) >= 11 is 3.53. The van der Waals surface area contributed by atoms with E-state index in [0.717, 1.165) is 11.8 Å². The van der Waals surface area contributed by atoms with Gasteiger partial charge < -0.3 is 4.90 Å². The highest BCUT2D eigenvalue weighted by Crippen LogP contribution is 2.33. The molecule has 0 aromatic heterocycles. The Labute approximate surface area is 90.0 Å². The minimum Gasteiger partial charge on any atom is -0.303 e. The van der Waals surface area contributed by atoms with E-state index in [1.54, 1.807) is 0 Å². The summed E-state index contributed by atoms with van der Waals surface area (Å²) in [6.07, 6.45) is 7.31. The van der Waals surface area contributed by atoms with Gasteiger partial charge in [-0.3, -0.25) is 0 Å². The third-order valence-corrected chi connectivity index (χ3v) is 3.90. The van der Waals surface area contributed by atoms with Gasteiger partial charge in [0.05, 0.1) is 0 Å². The fourth-order valence-corrected chi connectivity index (χ4v) is 2.93. The van der Waals surface area contributed by atoms with Crippen molar-refractivity contribution in [3.63, 3.8) is 0 Å². The van der Waals surface area contributed by atoms with Crippen LogP contribution in [0.25, 0.3) is 0 Å². The van der Waals surface area contributed by atoms with Crippen molar-refractivity contribution < 1.29 is 0 Å². The first kappa shape index (κ1) is 9.97. The average Bonchev–Trinajstić information content (AvgIpc) is 2.85. The molecule has 76 valence electrons. The number of hydrogen-bond donors (Lipinski definition) is 0. The lowest BCUT2D eigenvalue weighted by Gasteiger charge is -2.15. The van der Waals surface area contributed by atoms with E-state index >= 15 is 0 Å². The molecule has 1 heterocycles. The highest BCUT2D eigenvalue weighted by atomic mass is 79.9. The van der Waals surface area contributed by atoms with E-state index in [-0.39, 0.29) is 0 Å². The van der Waals surface area contributed by atoms with Crippen LogP contribution < -0.4 is 0 Å². The summed E-state index contributed by atoms with van der Waals surface area (Å²) < 4.78 is 0. The molecule has 2 fully saturated rings. The third kappa shape index (κ3) is 3.25. The van der Waals surface area contributed by atoms with Crippen molar-refractivity contribution >= 4 is 15.9 Å². The fourth-order valence-electron chi connectivity index (χ4n) is 2.28. The molecule has 0 spiro atoms. The predicted octanol–water partition coefficient (Wildman–Crippen LogP) is 2.89. The van der Waals surface area contributed by atoms with Gasteiger partial charge in [0.25, 0.3) is 0 Å². The van der Waals surface area contributed by atoms with Crippen LogP contribution in [-0.2, 0) is 0 Å². The van der Waals surface area contributed by atoms with Gasteiger partial charge >= 0.3 is 0 Å². The molecule has 1 aliphatic carbocycles. The molecule has 2 heteroatoms. The van der Waals surface area contributed by atoms with E-state index in [1.807, 2.05) is 0 Å². The quantitative estimate of drug-likeness (QED) is 0.674. The Hall–Kier alpha value is 0.440. The summed E-state index contributed by atoms with van der Waals surface area (Å²) in [6.45, 7) is 4.12. The van der Waals surface area contributed by atoms with Crippen LogP contribution in [0.4, 0.5) is 0 Å². The van der Waals surface area contributed by atoms with E-state index in [1.165, 1.54) is 57.1 Å². The van der Waals surface area contributed by atoms with Crippen molar-refractivity contribution in [2.24, 2.45) is 11.8 Å². The van der Waals surface area contributed by atoms with Crippen LogP contribution in [0.3, 0.4) is 0 Å². The van der Waals surface area contributed by atoms with Gasteiger partial charge in [-0.25, -0.2) is 0 Å². The second-order valence-corrected chi connectivity index (χ2v) is 5.46. The minimum absolute atomic E-state index is 0.985. The van der Waals surface area contributed by atoms with Crippen LogP contribution in [0.1, 0.15) is 32.1 Å². The molecule has 2 rings (SSSR count). The number of rotatable bonds is 5. The molecule has 1 saturated carbocycles.